The van der Waals surface area contributed by atoms with E-state index < -0.39 is 23.8 Å². The molecule has 0 atom stereocenters. The van der Waals surface area contributed by atoms with Crippen molar-refractivity contribution in [2.75, 3.05) is 26.2 Å². The molecule has 3 aromatic rings. The Morgan fingerprint density at radius 2 is 1.79 bits per heavy atom. The molecule has 2 amide bonds. The summed E-state index contributed by atoms with van der Waals surface area (Å²) in [6.07, 6.45) is 2.93. The topological polar surface area (TPSA) is 57.9 Å². The number of likely N-dealkylation sites (tertiary alicyclic amines) is 2. The largest absolute Gasteiger partial charge is 0.337 e. The number of halogens is 3. The molecule has 1 aromatic carbocycles. The fraction of sp³-hybridized carbons (Fsp3) is 0.292. The van der Waals surface area contributed by atoms with E-state index in [-0.39, 0.29) is 37.7 Å². The number of carbonyl (C=O) groups is 2. The molecule has 0 saturated carbocycles. The molecule has 1 spiro atoms. The first kappa shape index (κ1) is 21.6. The van der Waals surface area contributed by atoms with E-state index in [0.717, 1.165) is 11.0 Å². The van der Waals surface area contributed by atoms with Crippen LogP contribution < -0.4 is 0 Å². The Labute approximate surface area is 194 Å². The summed E-state index contributed by atoms with van der Waals surface area (Å²) in [5, 5.41) is 4.87. The van der Waals surface area contributed by atoms with Gasteiger partial charge in [-0.3, -0.25) is 9.59 Å². The third kappa shape index (κ3) is 3.31. The second kappa shape index (κ2) is 7.66. The zero-order chi connectivity index (χ0) is 23.4. The Hall–Kier alpha value is -3.26. The van der Waals surface area contributed by atoms with Gasteiger partial charge in [0.05, 0.1) is 17.5 Å². The summed E-state index contributed by atoms with van der Waals surface area (Å²) >= 11 is 6.42. The second-order valence-corrected chi connectivity index (χ2v) is 9.00. The van der Waals surface area contributed by atoms with E-state index >= 15 is 8.78 Å². The van der Waals surface area contributed by atoms with Crippen LogP contribution in [0.25, 0.3) is 16.6 Å². The second-order valence-electron chi connectivity index (χ2n) is 8.59. The Kier molecular flexibility index (Phi) is 5.01. The molecule has 2 aliphatic heterocycles. The highest BCUT2D eigenvalue weighted by molar-refractivity contribution is 6.33. The van der Waals surface area contributed by atoms with E-state index in [9.17, 15) is 9.59 Å². The van der Waals surface area contributed by atoms with Crippen molar-refractivity contribution < 1.29 is 18.4 Å². The Morgan fingerprint density at radius 3 is 2.48 bits per heavy atom. The summed E-state index contributed by atoms with van der Waals surface area (Å²) in [4.78, 5) is 27.8. The number of piperidine rings is 1. The van der Waals surface area contributed by atoms with Crippen LogP contribution in [-0.2, 0) is 4.79 Å². The Balaban J connectivity index is 1.47. The van der Waals surface area contributed by atoms with Crippen molar-refractivity contribution in [2.24, 2.45) is 5.41 Å². The number of nitrogens with zero attached hydrogens (tertiary/aromatic N) is 4. The summed E-state index contributed by atoms with van der Waals surface area (Å²) in [5.74, 6) is -4.06. The molecule has 5 rings (SSSR count). The SMILES string of the molecule is C=CC(=O)N1CC2(CCN(C(=O)c3nn4ccccc4c3-c3ccccc3Cl)CC2(F)F)C1. The van der Waals surface area contributed by atoms with Gasteiger partial charge in [-0.1, -0.05) is 42.4 Å². The number of aromatic nitrogens is 2. The van der Waals surface area contributed by atoms with E-state index in [0.29, 0.717) is 21.7 Å². The number of carbonyl (C=O) groups excluding carboxylic acids is 2. The minimum atomic E-state index is -3.14. The maximum Gasteiger partial charge on any atom is 0.275 e. The van der Waals surface area contributed by atoms with Gasteiger partial charge in [-0.25, -0.2) is 13.3 Å². The minimum absolute atomic E-state index is 0.0356. The van der Waals surface area contributed by atoms with Gasteiger partial charge < -0.3 is 9.80 Å². The van der Waals surface area contributed by atoms with Crippen LogP contribution in [0.3, 0.4) is 0 Å². The maximum atomic E-state index is 15.3. The molecule has 4 heterocycles. The van der Waals surface area contributed by atoms with Crippen LogP contribution in [0.15, 0.2) is 61.3 Å². The van der Waals surface area contributed by atoms with E-state index in [1.54, 1.807) is 41.0 Å². The van der Waals surface area contributed by atoms with Crippen LogP contribution in [0.1, 0.15) is 16.9 Å². The molecule has 2 fully saturated rings. The first-order chi connectivity index (χ1) is 15.8. The first-order valence-electron chi connectivity index (χ1n) is 10.6. The van der Waals surface area contributed by atoms with Gasteiger partial charge in [0.25, 0.3) is 11.8 Å². The zero-order valence-corrected chi connectivity index (χ0v) is 18.4. The predicted molar refractivity (Wildman–Crippen MR) is 120 cm³/mol. The lowest BCUT2D eigenvalue weighted by Crippen LogP contribution is -2.71. The third-order valence-electron chi connectivity index (χ3n) is 6.67. The van der Waals surface area contributed by atoms with Crippen LogP contribution in [0.4, 0.5) is 8.78 Å². The van der Waals surface area contributed by atoms with Gasteiger partial charge in [0.2, 0.25) is 5.91 Å². The van der Waals surface area contributed by atoms with E-state index in [4.69, 9.17) is 11.6 Å². The number of rotatable bonds is 3. The standard InChI is InChI=1S/C24H21ClF2N4O2/c1-2-19(32)30-13-23(14-30)10-12-29(15-24(23,26)27)22(33)21-20(16-7-3-4-8-17(16)25)18-9-5-6-11-31(18)28-21/h2-9,11H,1,10,12-15H2. The fourth-order valence-corrected chi connectivity index (χ4v) is 5.01. The number of benzene rings is 1. The lowest BCUT2D eigenvalue weighted by atomic mass is 9.69. The lowest BCUT2D eigenvalue weighted by Gasteiger charge is -2.57. The average molecular weight is 471 g/mol. The van der Waals surface area contributed by atoms with Crippen LogP contribution in [0.5, 0.6) is 0 Å². The number of hydrogen-bond donors (Lipinski definition) is 0. The van der Waals surface area contributed by atoms with Crippen molar-refractivity contribution in [3.8, 4) is 11.1 Å². The molecular weight excluding hydrogens is 450 g/mol. The van der Waals surface area contributed by atoms with Crippen molar-refractivity contribution in [3.05, 3.63) is 72.0 Å². The smallest absolute Gasteiger partial charge is 0.275 e. The molecule has 0 aliphatic carbocycles. The highest BCUT2D eigenvalue weighted by atomic mass is 35.5. The van der Waals surface area contributed by atoms with Gasteiger partial charge in [-0.05, 0) is 30.7 Å². The summed E-state index contributed by atoms with van der Waals surface area (Å²) in [7, 11) is 0. The van der Waals surface area contributed by atoms with E-state index in [2.05, 4.69) is 11.7 Å². The summed E-state index contributed by atoms with van der Waals surface area (Å²) in [5.41, 5.74) is 0.556. The molecular formula is C24H21ClF2N4O2. The average Bonchev–Trinajstić information content (AvgIpc) is 3.16. The van der Waals surface area contributed by atoms with Crippen LogP contribution >= 0.6 is 11.6 Å². The van der Waals surface area contributed by atoms with Crippen LogP contribution in [-0.4, -0.2) is 63.3 Å². The Bertz CT molecular complexity index is 1280. The van der Waals surface area contributed by atoms with Crippen molar-refractivity contribution in [2.45, 2.75) is 12.3 Å². The summed E-state index contributed by atoms with van der Waals surface area (Å²) < 4.78 is 32.1. The van der Waals surface area contributed by atoms with Crippen LogP contribution in [0.2, 0.25) is 5.02 Å². The maximum absolute atomic E-state index is 15.3. The van der Waals surface area contributed by atoms with Crippen molar-refractivity contribution in [1.29, 1.82) is 0 Å². The number of amides is 2. The molecule has 0 N–H and O–H groups in total. The predicted octanol–water partition coefficient (Wildman–Crippen LogP) is 4.15. The first-order valence-corrected chi connectivity index (χ1v) is 10.9. The number of fused-ring (bicyclic) bond motifs is 1. The quantitative estimate of drug-likeness (QED) is 0.540. The monoisotopic (exact) mass is 470 g/mol. The van der Waals surface area contributed by atoms with E-state index in [1.165, 1.54) is 4.90 Å². The Morgan fingerprint density at radius 1 is 1.06 bits per heavy atom. The minimum Gasteiger partial charge on any atom is -0.337 e. The fourth-order valence-electron chi connectivity index (χ4n) is 4.78. The molecule has 0 unspecified atom stereocenters. The molecule has 9 heteroatoms. The summed E-state index contributed by atoms with van der Waals surface area (Å²) in [6, 6.07) is 12.5. The highest BCUT2D eigenvalue weighted by Crippen LogP contribution is 2.50. The van der Waals surface area contributed by atoms with Gasteiger partial charge >= 0.3 is 0 Å². The van der Waals surface area contributed by atoms with Crippen molar-refractivity contribution in [3.63, 3.8) is 0 Å². The molecule has 170 valence electrons. The molecule has 2 saturated heterocycles. The van der Waals surface area contributed by atoms with Gasteiger partial charge in [0.1, 0.15) is 0 Å². The van der Waals surface area contributed by atoms with Gasteiger partial charge in [-0.2, -0.15) is 5.10 Å². The van der Waals surface area contributed by atoms with Gasteiger partial charge in [-0.15, -0.1) is 0 Å². The van der Waals surface area contributed by atoms with Gasteiger partial charge in [0, 0.05) is 42.0 Å². The molecule has 33 heavy (non-hydrogen) atoms. The molecule has 6 nitrogen and oxygen atoms in total. The van der Waals surface area contributed by atoms with Crippen molar-refractivity contribution >= 4 is 28.9 Å². The number of hydrogen-bond acceptors (Lipinski definition) is 3. The van der Waals surface area contributed by atoms with Crippen LogP contribution in [0, 0.1) is 5.41 Å². The van der Waals surface area contributed by atoms with E-state index in [1.807, 2.05) is 12.1 Å². The highest BCUT2D eigenvalue weighted by Gasteiger charge is 2.63. The van der Waals surface area contributed by atoms with Gasteiger partial charge in [0.15, 0.2) is 5.69 Å². The summed E-state index contributed by atoms with van der Waals surface area (Å²) in [6.45, 7) is 2.77. The van der Waals surface area contributed by atoms with Crippen molar-refractivity contribution in [1.82, 2.24) is 19.4 Å². The third-order valence-corrected chi connectivity index (χ3v) is 7.00. The lowest BCUT2D eigenvalue weighted by molar-refractivity contribution is -0.217. The number of pyridine rings is 1. The zero-order valence-electron chi connectivity index (χ0n) is 17.7. The normalized spacial score (nSPS) is 18.9. The molecule has 2 aromatic heterocycles. The molecule has 2 aliphatic rings. The molecule has 0 radical (unpaired) electrons. The number of alkyl halides is 2. The molecule has 0 bridgehead atoms.